The van der Waals surface area contributed by atoms with Crippen LogP contribution in [-0.2, 0) is 0 Å². The molecule has 1 heterocycles. The van der Waals surface area contributed by atoms with Crippen molar-refractivity contribution in [3.63, 3.8) is 0 Å². The summed E-state index contributed by atoms with van der Waals surface area (Å²) < 4.78 is 0. The highest BCUT2D eigenvalue weighted by Gasteiger charge is 2.10. The van der Waals surface area contributed by atoms with Gasteiger partial charge in [0.1, 0.15) is 11.6 Å². The highest BCUT2D eigenvalue weighted by atomic mass is 35.5. The first-order valence-electron chi connectivity index (χ1n) is 5.70. The number of aryl methyl sites for hydroxylation is 1. The number of rotatable bonds is 3. The average molecular weight is 348 g/mol. The molecule has 7 heteroatoms. The van der Waals surface area contributed by atoms with Crippen molar-refractivity contribution >= 4 is 53.4 Å². The van der Waals surface area contributed by atoms with E-state index in [9.17, 15) is 0 Å². The van der Waals surface area contributed by atoms with Crippen molar-refractivity contribution in [2.75, 3.05) is 18.6 Å². The molecule has 0 radical (unpaired) electrons. The second-order valence-corrected chi connectivity index (χ2v) is 5.40. The molecule has 0 unspecified atom stereocenters. The van der Waals surface area contributed by atoms with Crippen LogP contribution in [0, 0.1) is 6.92 Å². The van der Waals surface area contributed by atoms with Crippen LogP contribution in [0.3, 0.4) is 0 Å². The Labute approximate surface area is 138 Å². The van der Waals surface area contributed by atoms with Gasteiger partial charge >= 0.3 is 0 Å². The smallest absolute Gasteiger partial charge is 0.143 e. The Morgan fingerprint density at radius 1 is 1.20 bits per heavy atom. The van der Waals surface area contributed by atoms with Gasteiger partial charge in [0.25, 0.3) is 0 Å². The van der Waals surface area contributed by atoms with E-state index in [-0.39, 0.29) is 0 Å². The largest absolute Gasteiger partial charge is 0.372 e. The number of hydrogen-bond acceptors (Lipinski definition) is 5. The summed E-state index contributed by atoms with van der Waals surface area (Å²) in [5.41, 5.74) is 0. The van der Waals surface area contributed by atoms with Gasteiger partial charge in [-0.25, -0.2) is 9.97 Å². The third-order valence-electron chi connectivity index (χ3n) is 2.25. The van der Waals surface area contributed by atoms with Gasteiger partial charge in [0.05, 0.1) is 14.9 Å². The molecule has 0 fully saturated rings. The van der Waals surface area contributed by atoms with Gasteiger partial charge in [0.2, 0.25) is 0 Å². The number of halogens is 2. The molecule has 0 amide bonds. The Morgan fingerprint density at radius 3 is 2.55 bits per heavy atom. The van der Waals surface area contributed by atoms with E-state index in [0.717, 1.165) is 21.4 Å². The van der Waals surface area contributed by atoms with Crippen molar-refractivity contribution in [1.29, 1.82) is 0 Å². The third kappa shape index (κ3) is 4.45. The van der Waals surface area contributed by atoms with Crippen LogP contribution >= 0.6 is 47.6 Å². The zero-order valence-corrected chi connectivity index (χ0v) is 14.5. The Bertz CT molecular complexity index is 580. The molecule has 0 bridgehead atoms. The third-order valence-corrected chi connectivity index (χ3v) is 4.26. The molecule has 0 atom stereocenters. The van der Waals surface area contributed by atoms with Crippen LogP contribution in [0.2, 0.25) is 10.0 Å². The first-order valence-corrected chi connectivity index (χ1v) is 8.16. The van der Waals surface area contributed by atoms with E-state index in [2.05, 4.69) is 27.9 Å². The average Bonchev–Trinajstić information content (AvgIpc) is 2.47. The highest BCUT2D eigenvalue weighted by Crippen LogP contribution is 2.38. The maximum Gasteiger partial charge on any atom is 0.143 e. The molecular formula is C13H15Cl2N3S2. The number of thiol groups is 1. The summed E-state index contributed by atoms with van der Waals surface area (Å²) in [7, 11) is 1.82. The maximum atomic E-state index is 6.16. The molecule has 1 aromatic heterocycles. The molecule has 2 aromatic rings. The first kappa shape index (κ1) is 17.4. The van der Waals surface area contributed by atoms with Crippen molar-refractivity contribution < 1.29 is 0 Å². The summed E-state index contributed by atoms with van der Waals surface area (Å²) >= 11 is 17.2. The molecule has 0 saturated heterocycles. The van der Waals surface area contributed by atoms with Gasteiger partial charge in [0.15, 0.2) is 0 Å². The molecule has 20 heavy (non-hydrogen) atoms. The lowest BCUT2D eigenvalue weighted by molar-refractivity contribution is 1.01. The summed E-state index contributed by atoms with van der Waals surface area (Å²) in [5.74, 6) is 1.50. The van der Waals surface area contributed by atoms with Crippen molar-refractivity contribution in [2.45, 2.75) is 16.7 Å². The summed E-state index contributed by atoms with van der Waals surface area (Å²) in [6.07, 6.45) is 3.47. The fourth-order valence-electron chi connectivity index (χ4n) is 1.39. The summed E-state index contributed by atoms with van der Waals surface area (Å²) in [4.78, 5) is 10.3. The number of nitrogens with one attached hydrogen (secondary N) is 1. The van der Waals surface area contributed by atoms with Crippen LogP contribution in [-0.4, -0.2) is 23.3 Å². The molecule has 108 valence electrons. The van der Waals surface area contributed by atoms with Gasteiger partial charge in [-0.2, -0.15) is 12.6 Å². The van der Waals surface area contributed by atoms with Crippen molar-refractivity contribution in [1.82, 2.24) is 9.97 Å². The zero-order chi connectivity index (χ0) is 15.1. The molecule has 1 aromatic carbocycles. The molecule has 0 aliphatic heterocycles. The van der Waals surface area contributed by atoms with E-state index >= 15 is 0 Å². The first-order chi connectivity index (χ1) is 9.61. The van der Waals surface area contributed by atoms with Crippen LogP contribution in [0.4, 0.5) is 5.82 Å². The number of hydrogen-bond donors (Lipinski definition) is 2. The topological polar surface area (TPSA) is 37.8 Å². The van der Waals surface area contributed by atoms with Crippen molar-refractivity contribution in [3.05, 3.63) is 40.3 Å². The molecular weight excluding hydrogens is 333 g/mol. The van der Waals surface area contributed by atoms with E-state index in [0.29, 0.717) is 10.0 Å². The minimum Gasteiger partial charge on any atom is -0.372 e. The van der Waals surface area contributed by atoms with Gasteiger partial charge in [-0.05, 0) is 25.3 Å². The molecule has 0 aliphatic carbocycles. The van der Waals surface area contributed by atoms with E-state index in [1.54, 1.807) is 18.5 Å². The number of nitrogens with zero attached hydrogens (tertiary/aromatic N) is 2. The summed E-state index contributed by atoms with van der Waals surface area (Å²) in [6, 6.07) is 5.54. The van der Waals surface area contributed by atoms with Crippen LogP contribution in [0.15, 0.2) is 34.2 Å². The fraction of sp³-hybridized carbons (Fsp3) is 0.231. The second kappa shape index (κ2) is 8.62. The van der Waals surface area contributed by atoms with Crippen LogP contribution in [0.25, 0.3) is 0 Å². The van der Waals surface area contributed by atoms with Gasteiger partial charge < -0.3 is 5.32 Å². The maximum absolute atomic E-state index is 6.16. The number of benzene rings is 1. The zero-order valence-electron chi connectivity index (χ0n) is 11.3. The summed E-state index contributed by atoms with van der Waals surface area (Å²) in [5, 5.41) is 4.13. The minimum atomic E-state index is 0.542. The second-order valence-electron chi connectivity index (χ2n) is 3.53. The summed E-state index contributed by atoms with van der Waals surface area (Å²) in [6.45, 7) is 1.85. The number of aromatic nitrogens is 2. The van der Waals surface area contributed by atoms with Crippen LogP contribution in [0.1, 0.15) is 5.82 Å². The van der Waals surface area contributed by atoms with Crippen molar-refractivity contribution in [2.24, 2.45) is 0 Å². The minimum absolute atomic E-state index is 0.542. The lowest BCUT2D eigenvalue weighted by Gasteiger charge is -2.09. The van der Waals surface area contributed by atoms with Gasteiger partial charge in [-0.1, -0.05) is 41.0 Å². The predicted molar refractivity (Wildman–Crippen MR) is 91.8 cm³/mol. The van der Waals surface area contributed by atoms with Crippen molar-refractivity contribution in [3.8, 4) is 0 Å². The molecule has 0 aliphatic rings. The van der Waals surface area contributed by atoms with E-state index in [1.165, 1.54) is 11.8 Å². The van der Waals surface area contributed by atoms with E-state index < -0.39 is 0 Å². The Hall–Kier alpha value is -0.620. The molecule has 1 N–H and O–H groups in total. The number of anilines is 1. The highest BCUT2D eigenvalue weighted by molar-refractivity contribution is 7.99. The van der Waals surface area contributed by atoms with Crippen LogP contribution in [0.5, 0.6) is 0 Å². The van der Waals surface area contributed by atoms with Crippen LogP contribution < -0.4 is 5.32 Å². The molecule has 3 nitrogen and oxygen atoms in total. The Kier molecular flexibility index (Phi) is 7.51. The monoisotopic (exact) mass is 347 g/mol. The molecule has 0 saturated carbocycles. The van der Waals surface area contributed by atoms with Gasteiger partial charge in [-0.15, -0.1) is 0 Å². The van der Waals surface area contributed by atoms with Gasteiger partial charge in [0, 0.05) is 18.1 Å². The lowest BCUT2D eigenvalue weighted by Crippen LogP contribution is -1.98. The van der Waals surface area contributed by atoms with Gasteiger partial charge in [-0.3, -0.25) is 0 Å². The van der Waals surface area contributed by atoms with E-state index in [1.807, 2.05) is 26.1 Å². The lowest BCUT2D eigenvalue weighted by atomic mass is 10.4. The SMILES string of the molecule is CNc1nc(C)ncc1Sc1cccc(Cl)c1Cl.CS. The quantitative estimate of drug-likeness (QED) is 0.779. The van der Waals surface area contributed by atoms with E-state index in [4.69, 9.17) is 23.2 Å². The Balaban J connectivity index is 0.000000956. The normalized spacial score (nSPS) is 9.70. The fourth-order valence-corrected chi connectivity index (χ4v) is 2.80. The predicted octanol–water partition coefficient (Wildman–Crippen LogP) is 4.83. The molecule has 2 rings (SSSR count). The standard InChI is InChI=1S/C12H11Cl2N3S.CH4S/c1-7-16-6-10(12(15-2)17-7)18-9-5-3-4-8(13)11(9)14;1-2/h3-6H,1-2H3,(H,15,16,17);2H,1H3. The Morgan fingerprint density at radius 2 is 1.90 bits per heavy atom. The molecule has 0 spiro atoms.